The second-order valence-electron chi connectivity index (χ2n) is 5.18. The van der Waals surface area contributed by atoms with Crippen LogP contribution in [0.5, 0.6) is 0 Å². The Balaban J connectivity index is 2.31. The highest BCUT2D eigenvalue weighted by molar-refractivity contribution is 5.76. The Morgan fingerprint density at radius 3 is 2.78 bits per heavy atom. The molecule has 0 aromatic rings. The highest BCUT2D eigenvalue weighted by atomic mass is 16.3. The molecule has 1 atom stereocenters. The van der Waals surface area contributed by atoms with Crippen molar-refractivity contribution in [3.05, 3.63) is 0 Å². The molecule has 1 aliphatic rings. The van der Waals surface area contributed by atoms with Gasteiger partial charge in [0.25, 0.3) is 0 Å². The predicted octanol–water partition coefficient (Wildman–Crippen LogP) is -0.112. The van der Waals surface area contributed by atoms with Crippen LogP contribution in [-0.2, 0) is 4.79 Å². The number of hydrogen-bond donors (Lipinski definition) is 2. The minimum atomic E-state index is 0.196. The molecule has 1 fully saturated rings. The van der Waals surface area contributed by atoms with Crippen LogP contribution in [0.4, 0.5) is 0 Å². The molecule has 0 aromatic heterocycles. The predicted molar refractivity (Wildman–Crippen MR) is 72.2 cm³/mol. The molecule has 0 spiro atoms. The number of carbonyl (C=O) groups is 1. The van der Waals surface area contributed by atoms with Crippen molar-refractivity contribution < 1.29 is 9.90 Å². The Bertz CT molecular complexity index is 248. The quantitative estimate of drug-likeness (QED) is 0.696. The summed E-state index contributed by atoms with van der Waals surface area (Å²) in [6.45, 7) is 7.13. The zero-order valence-corrected chi connectivity index (χ0v) is 11.5. The van der Waals surface area contributed by atoms with Crippen molar-refractivity contribution in [1.82, 2.24) is 9.80 Å². The summed E-state index contributed by atoms with van der Waals surface area (Å²) in [5.74, 6) is 0.674. The van der Waals surface area contributed by atoms with Crippen LogP contribution in [0.15, 0.2) is 0 Å². The second-order valence-corrected chi connectivity index (χ2v) is 5.18. The van der Waals surface area contributed by atoms with Gasteiger partial charge < -0.3 is 15.7 Å². The minimum absolute atomic E-state index is 0.196. The van der Waals surface area contributed by atoms with E-state index in [2.05, 4.69) is 11.8 Å². The van der Waals surface area contributed by atoms with Crippen molar-refractivity contribution in [1.29, 1.82) is 0 Å². The number of aliphatic hydroxyl groups is 1. The number of β-amino-alcohol motifs (C(OH)–C–C–N with tert-alkyl or cyclic N) is 1. The van der Waals surface area contributed by atoms with Gasteiger partial charge in [0.1, 0.15) is 0 Å². The molecule has 0 saturated carbocycles. The first-order valence-electron chi connectivity index (χ1n) is 6.98. The van der Waals surface area contributed by atoms with Crippen molar-refractivity contribution in [3.8, 4) is 0 Å². The van der Waals surface area contributed by atoms with Crippen LogP contribution in [0, 0.1) is 5.92 Å². The van der Waals surface area contributed by atoms with Gasteiger partial charge in [0.05, 0.1) is 6.61 Å². The summed E-state index contributed by atoms with van der Waals surface area (Å²) >= 11 is 0. The van der Waals surface area contributed by atoms with Crippen LogP contribution < -0.4 is 5.73 Å². The number of rotatable bonds is 6. The Labute approximate surface area is 110 Å². The fourth-order valence-corrected chi connectivity index (χ4v) is 2.23. The van der Waals surface area contributed by atoms with Crippen molar-refractivity contribution in [2.24, 2.45) is 11.7 Å². The Morgan fingerprint density at radius 1 is 1.33 bits per heavy atom. The molecule has 0 radical (unpaired) electrons. The SMILES string of the molecule is CC(CN)CCC(=O)N1CCCN(CCO)CC1. The van der Waals surface area contributed by atoms with Crippen LogP contribution in [-0.4, -0.2) is 66.7 Å². The Morgan fingerprint density at radius 2 is 2.11 bits per heavy atom. The topological polar surface area (TPSA) is 69.8 Å². The van der Waals surface area contributed by atoms with Gasteiger partial charge in [-0.1, -0.05) is 6.92 Å². The van der Waals surface area contributed by atoms with E-state index in [1.807, 2.05) is 4.90 Å². The molecule has 5 nitrogen and oxygen atoms in total. The number of nitrogens with two attached hydrogens (primary N) is 1. The lowest BCUT2D eigenvalue weighted by molar-refractivity contribution is -0.131. The molecular weight excluding hydrogens is 230 g/mol. The molecule has 106 valence electrons. The summed E-state index contributed by atoms with van der Waals surface area (Å²) in [5, 5.41) is 8.92. The lowest BCUT2D eigenvalue weighted by Gasteiger charge is -2.22. The van der Waals surface area contributed by atoms with Gasteiger partial charge in [0.15, 0.2) is 0 Å². The van der Waals surface area contributed by atoms with Crippen LogP contribution in [0.25, 0.3) is 0 Å². The van der Waals surface area contributed by atoms with E-state index in [4.69, 9.17) is 10.8 Å². The summed E-state index contributed by atoms with van der Waals surface area (Å²) in [6, 6.07) is 0. The van der Waals surface area contributed by atoms with E-state index in [-0.39, 0.29) is 12.5 Å². The van der Waals surface area contributed by atoms with Crippen LogP contribution in [0.2, 0.25) is 0 Å². The first-order chi connectivity index (χ1) is 8.67. The van der Waals surface area contributed by atoms with Crippen molar-refractivity contribution >= 4 is 5.91 Å². The summed E-state index contributed by atoms with van der Waals surface area (Å²) in [5.41, 5.74) is 5.56. The maximum Gasteiger partial charge on any atom is 0.222 e. The molecule has 1 saturated heterocycles. The number of carbonyl (C=O) groups excluding carboxylic acids is 1. The van der Waals surface area contributed by atoms with E-state index < -0.39 is 0 Å². The summed E-state index contributed by atoms with van der Waals surface area (Å²) < 4.78 is 0. The number of aliphatic hydroxyl groups excluding tert-OH is 1. The lowest BCUT2D eigenvalue weighted by atomic mass is 10.1. The number of amides is 1. The van der Waals surface area contributed by atoms with Crippen molar-refractivity contribution in [2.75, 3.05) is 45.9 Å². The fourth-order valence-electron chi connectivity index (χ4n) is 2.23. The van der Waals surface area contributed by atoms with E-state index in [0.717, 1.165) is 39.0 Å². The Hall–Kier alpha value is -0.650. The van der Waals surface area contributed by atoms with Gasteiger partial charge in [-0.2, -0.15) is 0 Å². The first-order valence-corrected chi connectivity index (χ1v) is 6.98. The molecule has 3 N–H and O–H groups in total. The van der Waals surface area contributed by atoms with Crippen LogP contribution in [0.1, 0.15) is 26.2 Å². The molecular formula is C13H27N3O2. The lowest BCUT2D eigenvalue weighted by Crippen LogP contribution is -2.36. The monoisotopic (exact) mass is 257 g/mol. The average Bonchev–Trinajstić information content (AvgIpc) is 2.61. The normalized spacial score (nSPS) is 19.6. The number of nitrogens with zero attached hydrogens (tertiary/aromatic N) is 2. The molecule has 5 heteroatoms. The van der Waals surface area contributed by atoms with Crippen LogP contribution in [0.3, 0.4) is 0 Å². The van der Waals surface area contributed by atoms with Crippen molar-refractivity contribution in [3.63, 3.8) is 0 Å². The van der Waals surface area contributed by atoms with Crippen molar-refractivity contribution in [2.45, 2.75) is 26.2 Å². The van der Waals surface area contributed by atoms with Gasteiger partial charge >= 0.3 is 0 Å². The maximum absolute atomic E-state index is 12.1. The molecule has 0 aliphatic carbocycles. The van der Waals surface area contributed by atoms with E-state index in [1.165, 1.54) is 0 Å². The molecule has 0 aromatic carbocycles. The van der Waals surface area contributed by atoms with E-state index in [0.29, 0.717) is 25.4 Å². The van der Waals surface area contributed by atoms with Gasteiger partial charge in [-0.3, -0.25) is 9.69 Å². The highest BCUT2D eigenvalue weighted by Gasteiger charge is 2.18. The molecule has 18 heavy (non-hydrogen) atoms. The third-order valence-corrected chi connectivity index (χ3v) is 3.61. The highest BCUT2D eigenvalue weighted by Crippen LogP contribution is 2.09. The Kier molecular flexibility index (Phi) is 7.23. The second kappa shape index (κ2) is 8.45. The van der Waals surface area contributed by atoms with Gasteiger partial charge in [0, 0.05) is 32.6 Å². The fraction of sp³-hybridized carbons (Fsp3) is 0.923. The molecule has 1 unspecified atom stereocenters. The molecule has 1 heterocycles. The average molecular weight is 257 g/mol. The standard InChI is InChI=1S/C13H27N3O2/c1-12(11-14)3-4-13(18)16-6-2-5-15(7-8-16)9-10-17/h12,17H,2-11,14H2,1H3. The van der Waals surface area contributed by atoms with E-state index in [1.54, 1.807) is 0 Å². The van der Waals surface area contributed by atoms with Gasteiger partial charge in [0.2, 0.25) is 5.91 Å². The third kappa shape index (κ3) is 5.33. The molecule has 0 bridgehead atoms. The summed E-state index contributed by atoms with van der Waals surface area (Å²) in [6.07, 6.45) is 2.49. The van der Waals surface area contributed by atoms with E-state index in [9.17, 15) is 4.79 Å². The summed E-state index contributed by atoms with van der Waals surface area (Å²) in [7, 11) is 0. The molecule has 1 aliphatic heterocycles. The van der Waals surface area contributed by atoms with Crippen LogP contribution >= 0.6 is 0 Å². The van der Waals surface area contributed by atoms with Gasteiger partial charge in [-0.25, -0.2) is 0 Å². The maximum atomic E-state index is 12.1. The smallest absolute Gasteiger partial charge is 0.222 e. The van der Waals surface area contributed by atoms with E-state index >= 15 is 0 Å². The first kappa shape index (κ1) is 15.4. The zero-order valence-electron chi connectivity index (χ0n) is 11.5. The zero-order chi connectivity index (χ0) is 13.4. The molecule has 1 rings (SSSR count). The third-order valence-electron chi connectivity index (χ3n) is 3.61. The summed E-state index contributed by atoms with van der Waals surface area (Å²) in [4.78, 5) is 16.2. The largest absolute Gasteiger partial charge is 0.395 e. The number of hydrogen-bond acceptors (Lipinski definition) is 4. The van der Waals surface area contributed by atoms with Gasteiger partial charge in [-0.15, -0.1) is 0 Å². The minimum Gasteiger partial charge on any atom is -0.395 e. The van der Waals surface area contributed by atoms with Gasteiger partial charge in [-0.05, 0) is 31.8 Å². The molecule has 1 amide bonds.